The van der Waals surface area contributed by atoms with E-state index in [1.54, 1.807) is 12.1 Å². The number of hydrogen-bond acceptors (Lipinski definition) is 3. The first-order chi connectivity index (χ1) is 8.43. The van der Waals surface area contributed by atoms with Crippen LogP contribution < -0.4 is 10.2 Å². The molecule has 1 amide bonds. The van der Waals surface area contributed by atoms with E-state index in [1.165, 1.54) is 0 Å². The van der Waals surface area contributed by atoms with Gasteiger partial charge in [0, 0.05) is 23.1 Å². The molecule has 0 saturated heterocycles. The highest BCUT2D eigenvalue weighted by molar-refractivity contribution is 9.10. The molecule has 0 unspecified atom stereocenters. The zero-order chi connectivity index (χ0) is 13.7. The fraction of sp³-hybridized carbons (Fsp3) is 0.385. The van der Waals surface area contributed by atoms with Gasteiger partial charge >= 0.3 is 0 Å². The normalized spacial score (nSPS) is 10.3. The lowest BCUT2D eigenvalue weighted by Gasteiger charge is -2.21. The molecule has 0 saturated carbocycles. The van der Waals surface area contributed by atoms with Gasteiger partial charge in [0.1, 0.15) is 6.29 Å². The molecule has 1 aromatic rings. The molecule has 0 spiro atoms. The van der Waals surface area contributed by atoms with Crippen LogP contribution in [0.5, 0.6) is 0 Å². The highest BCUT2D eigenvalue weighted by Crippen LogP contribution is 2.25. The first kappa shape index (κ1) is 14.7. The monoisotopic (exact) mass is 312 g/mol. The highest BCUT2D eigenvalue weighted by Gasteiger charge is 2.11. The van der Waals surface area contributed by atoms with Crippen LogP contribution in [-0.2, 0) is 4.79 Å². The van der Waals surface area contributed by atoms with Gasteiger partial charge in [-0.15, -0.1) is 0 Å². The summed E-state index contributed by atoms with van der Waals surface area (Å²) in [7, 11) is 1.83. The van der Waals surface area contributed by atoms with Gasteiger partial charge in [0.15, 0.2) is 0 Å². The van der Waals surface area contributed by atoms with Crippen molar-refractivity contribution in [2.75, 3.05) is 18.5 Å². The van der Waals surface area contributed by atoms with E-state index < -0.39 is 0 Å². The third kappa shape index (κ3) is 4.14. The molecular weight excluding hydrogens is 296 g/mol. The zero-order valence-corrected chi connectivity index (χ0v) is 12.3. The van der Waals surface area contributed by atoms with Crippen LogP contribution in [0.3, 0.4) is 0 Å². The maximum absolute atomic E-state index is 11.6. The summed E-state index contributed by atoms with van der Waals surface area (Å²) in [6.07, 6.45) is 0.792. The molecule has 0 heterocycles. The van der Waals surface area contributed by atoms with E-state index >= 15 is 0 Å². The van der Waals surface area contributed by atoms with Gasteiger partial charge in [-0.3, -0.25) is 9.59 Å². The topological polar surface area (TPSA) is 49.4 Å². The van der Waals surface area contributed by atoms with Gasteiger partial charge in [-0.05, 0) is 48.0 Å². The van der Waals surface area contributed by atoms with Gasteiger partial charge in [0.25, 0.3) is 0 Å². The second-order valence-corrected chi connectivity index (χ2v) is 5.26. The van der Waals surface area contributed by atoms with Crippen molar-refractivity contribution < 1.29 is 9.59 Å². The number of nitrogens with zero attached hydrogens (tertiary/aromatic N) is 1. The van der Waals surface area contributed by atoms with E-state index in [0.717, 1.165) is 16.4 Å². The molecule has 1 rings (SSSR count). The van der Waals surface area contributed by atoms with Crippen LogP contribution in [0.25, 0.3) is 0 Å². The summed E-state index contributed by atoms with van der Waals surface area (Å²) >= 11 is 3.40. The maximum atomic E-state index is 11.6. The third-order valence-corrected chi connectivity index (χ3v) is 2.98. The number of nitrogens with one attached hydrogen (secondary N) is 1. The Balaban J connectivity index is 2.75. The van der Waals surface area contributed by atoms with Crippen LogP contribution in [0.2, 0.25) is 0 Å². The number of rotatable bonds is 5. The molecule has 98 valence electrons. The van der Waals surface area contributed by atoms with Gasteiger partial charge < -0.3 is 10.2 Å². The third-order valence-electron chi connectivity index (χ3n) is 2.35. The number of carbonyl (C=O) groups is 2. The lowest BCUT2D eigenvalue weighted by molar-refractivity contribution is -0.120. The summed E-state index contributed by atoms with van der Waals surface area (Å²) in [6, 6.07) is 5.41. The molecule has 1 aromatic carbocycles. The number of carbonyl (C=O) groups excluding carboxylic acids is 2. The van der Waals surface area contributed by atoms with Crippen molar-refractivity contribution in [3.63, 3.8) is 0 Å². The number of halogens is 1. The Labute approximate surface area is 115 Å². The largest absolute Gasteiger partial charge is 0.364 e. The fourth-order valence-electron chi connectivity index (χ4n) is 1.57. The average molecular weight is 313 g/mol. The van der Waals surface area contributed by atoms with E-state index in [2.05, 4.69) is 21.2 Å². The Hall–Kier alpha value is -1.36. The van der Waals surface area contributed by atoms with Crippen LogP contribution in [0, 0.1) is 0 Å². The van der Waals surface area contributed by atoms with E-state index in [0.29, 0.717) is 5.56 Å². The predicted molar refractivity (Wildman–Crippen MR) is 76.1 cm³/mol. The number of amides is 1. The number of anilines is 1. The fourth-order valence-corrected chi connectivity index (χ4v) is 2.27. The molecule has 0 aromatic heterocycles. The molecule has 0 atom stereocenters. The molecule has 5 heteroatoms. The average Bonchev–Trinajstić information content (AvgIpc) is 2.27. The number of hydrogen-bond donors (Lipinski definition) is 1. The Morgan fingerprint density at radius 1 is 1.50 bits per heavy atom. The Kier molecular flexibility index (Phi) is 5.34. The Morgan fingerprint density at radius 2 is 2.17 bits per heavy atom. The quantitative estimate of drug-likeness (QED) is 0.848. The minimum absolute atomic E-state index is 0.0288. The molecule has 0 aliphatic carbocycles. The molecule has 0 radical (unpaired) electrons. The first-order valence-corrected chi connectivity index (χ1v) is 6.48. The predicted octanol–water partition coefficient (Wildman–Crippen LogP) is 2.22. The molecule has 0 fully saturated rings. The standard InChI is InChI=1S/C13H17BrN2O2/c1-9(2)15-13(18)7-16(3)12-5-4-10(8-17)6-11(12)14/h4-6,8-9H,7H2,1-3H3,(H,15,18). The summed E-state index contributed by atoms with van der Waals surface area (Å²) < 4.78 is 0.798. The molecule has 18 heavy (non-hydrogen) atoms. The van der Waals surface area contributed by atoms with Gasteiger partial charge in [-0.2, -0.15) is 0 Å². The molecular formula is C13H17BrN2O2. The Morgan fingerprint density at radius 3 is 2.67 bits per heavy atom. The molecule has 0 aliphatic rings. The van der Waals surface area contributed by atoms with E-state index in [-0.39, 0.29) is 18.5 Å². The number of benzene rings is 1. The number of likely N-dealkylation sites (N-methyl/N-ethyl adjacent to an activating group) is 1. The summed E-state index contributed by atoms with van der Waals surface area (Å²) in [5.74, 6) is -0.0288. The van der Waals surface area contributed by atoms with E-state index in [9.17, 15) is 9.59 Å². The SMILES string of the molecule is CC(C)NC(=O)CN(C)c1ccc(C=O)cc1Br. The summed E-state index contributed by atoms with van der Waals surface area (Å²) in [5, 5.41) is 2.83. The smallest absolute Gasteiger partial charge is 0.239 e. The maximum Gasteiger partial charge on any atom is 0.239 e. The molecule has 4 nitrogen and oxygen atoms in total. The van der Waals surface area contributed by atoms with Crippen molar-refractivity contribution in [3.8, 4) is 0 Å². The Bertz CT molecular complexity index is 447. The minimum atomic E-state index is -0.0288. The lowest BCUT2D eigenvalue weighted by atomic mass is 10.2. The van der Waals surface area contributed by atoms with Crippen molar-refractivity contribution in [2.24, 2.45) is 0 Å². The summed E-state index contributed by atoms with van der Waals surface area (Å²) in [6.45, 7) is 4.12. The van der Waals surface area contributed by atoms with Gasteiger partial charge in [0.05, 0.1) is 12.2 Å². The van der Waals surface area contributed by atoms with Crippen molar-refractivity contribution in [1.29, 1.82) is 0 Å². The molecule has 1 N–H and O–H groups in total. The van der Waals surface area contributed by atoms with E-state index in [1.807, 2.05) is 31.9 Å². The minimum Gasteiger partial charge on any atom is -0.364 e. The van der Waals surface area contributed by atoms with Crippen LogP contribution in [0.4, 0.5) is 5.69 Å². The first-order valence-electron chi connectivity index (χ1n) is 5.69. The lowest BCUT2D eigenvalue weighted by Crippen LogP contribution is -2.38. The second-order valence-electron chi connectivity index (χ2n) is 4.41. The van der Waals surface area contributed by atoms with E-state index in [4.69, 9.17) is 0 Å². The summed E-state index contributed by atoms with van der Waals surface area (Å²) in [4.78, 5) is 24.1. The second kappa shape index (κ2) is 6.54. The van der Waals surface area contributed by atoms with Crippen molar-refractivity contribution in [1.82, 2.24) is 5.32 Å². The molecule has 0 bridgehead atoms. The van der Waals surface area contributed by atoms with Crippen LogP contribution in [0.1, 0.15) is 24.2 Å². The zero-order valence-electron chi connectivity index (χ0n) is 10.7. The van der Waals surface area contributed by atoms with Crippen LogP contribution in [-0.4, -0.2) is 31.8 Å². The van der Waals surface area contributed by atoms with Gasteiger partial charge in [-0.1, -0.05) is 0 Å². The van der Waals surface area contributed by atoms with Crippen molar-refractivity contribution in [2.45, 2.75) is 19.9 Å². The summed E-state index contributed by atoms with van der Waals surface area (Å²) in [5.41, 5.74) is 1.48. The van der Waals surface area contributed by atoms with Crippen LogP contribution >= 0.6 is 15.9 Å². The van der Waals surface area contributed by atoms with Crippen LogP contribution in [0.15, 0.2) is 22.7 Å². The van der Waals surface area contributed by atoms with Crippen molar-refractivity contribution in [3.05, 3.63) is 28.2 Å². The van der Waals surface area contributed by atoms with Crippen molar-refractivity contribution >= 4 is 33.8 Å². The molecule has 0 aliphatic heterocycles. The number of aldehydes is 1. The van der Waals surface area contributed by atoms with Gasteiger partial charge in [0.2, 0.25) is 5.91 Å². The van der Waals surface area contributed by atoms with Gasteiger partial charge in [-0.25, -0.2) is 0 Å². The highest BCUT2D eigenvalue weighted by atomic mass is 79.9.